The van der Waals surface area contributed by atoms with Gasteiger partial charge in [-0.25, -0.2) is 9.97 Å². The van der Waals surface area contributed by atoms with E-state index < -0.39 is 0 Å². The molecule has 1 aliphatic rings. The van der Waals surface area contributed by atoms with Crippen molar-refractivity contribution in [2.45, 2.75) is 50.9 Å². The summed E-state index contributed by atoms with van der Waals surface area (Å²) in [5.41, 5.74) is 1.27. The van der Waals surface area contributed by atoms with E-state index in [2.05, 4.69) is 32.3 Å². The number of anilines is 1. The number of nitrogens with zero attached hydrogens (tertiary/aromatic N) is 4. The third kappa shape index (κ3) is 7.10. The highest BCUT2D eigenvalue weighted by atomic mass is 35.5. The predicted octanol–water partition coefficient (Wildman–Crippen LogP) is 3.42. The molecule has 0 saturated carbocycles. The van der Waals surface area contributed by atoms with Crippen LogP contribution in [0.2, 0.25) is 5.15 Å². The van der Waals surface area contributed by atoms with Crippen LogP contribution in [0.1, 0.15) is 32.8 Å². The van der Waals surface area contributed by atoms with E-state index in [0.717, 1.165) is 18.7 Å². The summed E-state index contributed by atoms with van der Waals surface area (Å²) >= 11 is 7.50. The molecule has 0 spiro atoms. The second kappa shape index (κ2) is 11.5. The van der Waals surface area contributed by atoms with Gasteiger partial charge in [-0.2, -0.15) is 0 Å². The minimum Gasteiger partial charge on any atom is -0.353 e. The van der Waals surface area contributed by atoms with Gasteiger partial charge < -0.3 is 15.1 Å². The largest absolute Gasteiger partial charge is 0.353 e. The number of thioether (sulfide) groups is 1. The summed E-state index contributed by atoms with van der Waals surface area (Å²) in [5.74, 6) is 0.978. The number of halogens is 1. The van der Waals surface area contributed by atoms with Gasteiger partial charge in [0.25, 0.3) is 0 Å². The van der Waals surface area contributed by atoms with Crippen molar-refractivity contribution >= 4 is 41.0 Å². The van der Waals surface area contributed by atoms with Gasteiger partial charge in [-0.05, 0) is 32.3 Å². The van der Waals surface area contributed by atoms with Gasteiger partial charge in [0.2, 0.25) is 11.8 Å². The van der Waals surface area contributed by atoms with Crippen LogP contribution in [0.15, 0.2) is 41.6 Å². The zero-order valence-corrected chi connectivity index (χ0v) is 20.3. The van der Waals surface area contributed by atoms with E-state index in [-0.39, 0.29) is 29.7 Å². The van der Waals surface area contributed by atoms with Gasteiger partial charge in [0.15, 0.2) is 5.16 Å². The first kappa shape index (κ1) is 24.3. The highest BCUT2D eigenvalue weighted by Gasteiger charge is 2.26. The van der Waals surface area contributed by atoms with E-state index in [1.165, 1.54) is 17.3 Å². The Morgan fingerprint density at radius 3 is 2.69 bits per heavy atom. The summed E-state index contributed by atoms with van der Waals surface area (Å²) in [4.78, 5) is 36.9. The second-order valence-electron chi connectivity index (χ2n) is 8.12. The molecule has 2 aromatic rings. The fourth-order valence-corrected chi connectivity index (χ4v) is 4.68. The summed E-state index contributed by atoms with van der Waals surface area (Å²) in [6, 6.07) is 12.2. The van der Waals surface area contributed by atoms with Crippen LogP contribution in [-0.2, 0) is 16.0 Å². The van der Waals surface area contributed by atoms with E-state index in [1.54, 1.807) is 13.0 Å². The van der Waals surface area contributed by atoms with Gasteiger partial charge in [0.1, 0.15) is 11.0 Å². The third-order valence-electron chi connectivity index (χ3n) is 5.47. The van der Waals surface area contributed by atoms with Crippen molar-refractivity contribution in [2.24, 2.45) is 0 Å². The number of rotatable bonds is 8. The fourth-order valence-electron chi connectivity index (χ4n) is 3.79. The molecule has 9 heteroatoms. The lowest BCUT2D eigenvalue weighted by Gasteiger charge is -2.40. The first-order valence-corrected chi connectivity index (χ1v) is 12.2. The summed E-state index contributed by atoms with van der Waals surface area (Å²) in [7, 11) is 0. The summed E-state index contributed by atoms with van der Waals surface area (Å²) in [5, 5.41) is 3.85. The molecule has 2 atom stereocenters. The lowest BCUT2D eigenvalue weighted by molar-refractivity contribution is -0.131. The predicted molar refractivity (Wildman–Crippen MR) is 129 cm³/mol. The average Bonchev–Trinajstić information content (AvgIpc) is 2.76. The Balaban J connectivity index is 1.50. The van der Waals surface area contributed by atoms with Crippen LogP contribution in [0.25, 0.3) is 0 Å². The molecule has 0 bridgehead atoms. The number of aryl methyl sites for hydroxylation is 1. The Bertz CT molecular complexity index is 930. The molecule has 2 heterocycles. The van der Waals surface area contributed by atoms with Gasteiger partial charge in [-0.1, -0.05) is 53.7 Å². The maximum absolute atomic E-state index is 12.4. The number of amides is 2. The Morgan fingerprint density at radius 2 is 2.00 bits per heavy atom. The normalized spacial score (nSPS) is 17.2. The minimum atomic E-state index is -0.0515. The minimum absolute atomic E-state index is 0.0515. The average molecular weight is 476 g/mol. The van der Waals surface area contributed by atoms with Crippen LogP contribution >= 0.6 is 23.4 Å². The van der Waals surface area contributed by atoms with Crippen LogP contribution in [-0.4, -0.2) is 64.2 Å². The van der Waals surface area contributed by atoms with Crippen LogP contribution < -0.4 is 10.2 Å². The van der Waals surface area contributed by atoms with Crippen molar-refractivity contribution in [1.29, 1.82) is 0 Å². The van der Waals surface area contributed by atoms with Gasteiger partial charge in [-0.3, -0.25) is 9.59 Å². The van der Waals surface area contributed by atoms with Crippen molar-refractivity contribution < 1.29 is 9.59 Å². The number of carbonyl (C=O) groups excluding carboxylic acids is 2. The zero-order valence-electron chi connectivity index (χ0n) is 18.8. The van der Waals surface area contributed by atoms with Crippen LogP contribution in [0.3, 0.4) is 0 Å². The van der Waals surface area contributed by atoms with Crippen molar-refractivity contribution in [1.82, 2.24) is 20.2 Å². The Kier molecular flexibility index (Phi) is 8.75. The van der Waals surface area contributed by atoms with Crippen molar-refractivity contribution in [3.8, 4) is 0 Å². The molecule has 1 saturated heterocycles. The summed E-state index contributed by atoms with van der Waals surface area (Å²) < 4.78 is 0. The Hall–Kier alpha value is -2.32. The topological polar surface area (TPSA) is 78.4 Å². The lowest BCUT2D eigenvalue weighted by atomic mass is 10.1. The Labute approximate surface area is 198 Å². The first-order chi connectivity index (χ1) is 15.3. The van der Waals surface area contributed by atoms with Gasteiger partial charge in [0, 0.05) is 44.7 Å². The summed E-state index contributed by atoms with van der Waals surface area (Å²) in [6.07, 6.45) is 1.80. The van der Waals surface area contributed by atoms with Crippen molar-refractivity contribution in [3.05, 3.63) is 47.1 Å². The summed E-state index contributed by atoms with van der Waals surface area (Å²) in [6.45, 7) is 7.63. The highest BCUT2D eigenvalue weighted by molar-refractivity contribution is 7.99. The molecule has 0 radical (unpaired) electrons. The smallest absolute Gasteiger partial charge is 0.230 e. The van der Waals surface area contributed by atoms with Gasteiger partial charge in [-0.15, -0.1) is 0 Å². The van der Waals surface area contributed by atoms with Crippen LogP contribution in [0.4, 0.5) is 5.82 Å². The number of nitrogens with one attached hydrogen (secondary N) is 1. The molecule has 1 aromatic carbocycles. The van der Waals surface area contributed by atoms with E-state index in [1.807, 2.05) is 36.9 Å². The molecule has 3 rings (SSSR count). The quantitative estimate of drug-likeness (QED) is 0.358. The molecule has 2 amide bonds. The number of hydrogen-bond acceptors (Lipinski definition) is 6. The number of hydrogen-bond donors (Lipinski definition) is 1. The standard InChI is InChI=1S/C23H30ClN5O2S/c1-16(9-10-19-7-5-4-6-8-19)25-22(31)15-32-23-26-20(24)13-21(27-23)28-11-12-29(18(3)30)17(2)14-28/h4-8,13,16-17H,9-12,14-15H2,1-3H3,(H,25,31). The van der Waals surface area contributed by atoms with E-state index in [9.17, 15) is 9.59 Å². The lowest BCUT2D eigenvalue weighted by Crippen LogP contribution is -2.53. The van der Waals surface area contributed by atoms with Gasteiger partial charge in [0.05, 0.1) is 5.75 Å². The molecule has 1 N–H and O–H groups in total. The number of carbonyl (C=O) groups is 2. The highest BCUT2D eigenvalue weighted by Crippen LogP contribution is 2.24. The maximum Gasteiger partial charge on any atom is 0.230 e. The number of piperazine rings is 1. The number of benzene rings is 1. The molecule has 0 aliphatic carbocycles. The van der Waals surface area contributed by atoms with Crippen molar-refractivity contribution in [2.75, 3.05) is 30.3 Å². The van der Waals surface area contributed by atoms with Gasteiger partial charge >= 0.3 is 0 Å². The molecular formula is C23H30ClN5O2S. The second-order valence-corrected chi connectivity index (χ2v) is 9.45. The molecular weight excluding hydrogens is 446 g/mol. The first-order valence-electron chi connectivity index (χ1n) is 10.8. The SMILES string of the molecule is CC(=O)N1CCN(c2cc(Cl)nc(SCC(=O)NC(C)CCc3ccccc3)n2)CC1C. The molecule has 2 unspecified atom stereocenters. The number of aromatic nitrogens is 2. The molecule has 172 valence electrons. The third-order valence-corrected chi connectivity index (χ3v) is 6.51. The van der Waals surface area contributed by atoms with E-state index in [0.29, 0.717) is 29.9 Å². The molecule has 1 aliphatic heterocycles. The Morgan fingerprint density at radius 1 is 1.25 bits per heavy atom. The molecule has 1 fully saturated rings. The molecule has 32 heavy (non-hydrogen) atoms. The monoisotopic (exact) mass is 475 g/mol. The molecule has 1 aromatic heterocycles. The maximum atomic E-state index is 12.4. The van der Waals surface area contributed by atoms with Crippen LogP contribution in [0, 0.1) is 0 Å². The van der Waals surface area contributed by atoms with E-state index >= 15 is 0 Å². The van der Waals surface area contributed by atoms with Crippen LogP contribution in [0.5, 0.6) is 0 Å². The zero-order chi connectivity index (χ0) is 23.1. The van der Waals surface area contributed by atoms with Crippen molar-refractivity contribution in [3.63, 3.8) is 0 Å². The molecule has 7 nitrogen and oxygen atoms in total. The van der Waals surface area contributed by atoms with E-state index in [4.69, 9.17) is 11.6 Å². The fraction of sp³-hybridized carbons (Fsp3) is 0.478.